The maximum absolute atomic E-state index is 12.9. The second-order valence-corrected chi connectivity index (χ2v) is 11.0. The van der Waals surface area contributed by atoms with E-state index in [-0.39, 0.29) is 17.9 Å². The van der Waals surface area contributed by atoms with E-state index in [0.29, 0.717) is 17.1 Å². The van der Waals surface area contributed by atoms with Crippen LogP contribution < -0.4 is 14.4 Å². The molecule has 0 fully saturated rings. The third kappa shape index (κ3) is 5.58. The average molecular weight is 445 g/mol. The minimum Gasteiger partial charge on any atom is -0.476 e. The van der Waals surface area contributed by atoms with E-state index in [1.54, 1.807) is 6.07 Å². The van der Waals surface area contributed by atoms with Gasteiger partial charge in [-0.05, 0) is 53.6 Å². The highest BCUT2D eigenvalue weighted by atomic mass is 32.2. The normalized spacial score (nSPS) is 16.4. The molecule has 6 nitrogen and oxygen atoms in total. The van der Waals surface area contributed by atoms with E-state index >= 15 is 0 Å². The van der Waals surface area contributed by atoms with Gasteiger partial charge in [-0.3, -0.25) is 9.10 Å². The van der Waals surface area contributed by atoms with Crippen LogP contribution >= 0.6 is 0 Å². The summed E-state index contributed by atoms with van der Waals surface area (Å²) in [6.45, 7) is 8.27. The van der Waals surface area contributed by atoms with Crippen molar-refractivity contribution in [1.82, 2.24) is 0 Å². The van der Waals surface area contributed by atoms with Gasteiger partial charge in [-0.25, -0.2) is 8.42 Å². The lowest BCUT2D eigenvalue weighted by Gasteiger charge is -2.35. The highest BCUT2D eigenvalue weighted by Gasteiger charge is 2.35. The molecule has 7 heteroatoms. The summed E-state index contributed by atoms with van der Waals surface area (Å²) in [7, 11) is -3.58. The first-order chi connectivity index (χ1) is 14.5. The highest BCUT2D eigenvalue weighted by molar-refractivity contribution is 7.92. The van der Waals surface area contributed by atoms with Crippen LogP contribution in [0.1, 0.15) is 51.7 Å². The number of sulfonamides is 1. The molecule has 1 N–H and O–H groups in total. The number of hydrogen-bond acceptors (Lipinski definition) is 4. The Morgan fingerprint density at radius 2 is 1.84 bits per heavy atom. The van der Waals surface area contributed by atoms with E-state index in [4.69, 9.17) is 4.74 Å². The summed E-state index contributed by atoms with van der Waals surface area (Å²) in [6.07, 6.45) is 3.47. The summed E-state index contributed by atoms with van der Waals surface area (Å²) >= 11 is 0. The van der Waals surface area contributed by atoms with Crippen molar-refractivity contribution in [2.45, 2.75) is 58.5 Å². The van der Waals surface area contributed by atoms with Gasteiger partial charge < -0.3 is 10.1 Å². The molecule has 0 saturated heterocycles. The Balaban J connectivity index is 1.81. The molecular weight excluding hydrogens is 412 g/mol. The van der Waals surface area contributed by atoms with Crippen molar-refractivity contribution < 1.29 is 17.9 Å². The molecule has 0 aliphatic carbocycles. The fraction of sp³-hybridized carbons (Fsp3) is 0.458. The maximum Gasteiger partial charge on any atom is 0.267 e. The van der Waals surface area contributed by atoms with Crippen LogP contribution in [-0.4, -0.2) is 33.2 Å². The van der Waals surface area contributed by atoms with Gasteiger partial charge in [0.05, 0.1) is 18.5 Å². The molecule has 1 atom stereocenters. The molecule has 1 heterocycles. The summed E-state index contributed by atoms with van der Waals surface area (Å²) in [5.41, 5.74) is 3.21. The van der Waals surface area contributed by atoms with Gasteiger partial charge >= 0.3 is 0 Å². The first-order valence-corrected chi connectivity index (χ1v) is 12.5. The predicted octanol–water partition coefficient (Wildman–Crippen LogP) is 4.49. The van der Waals surface area contributed by atoms with Crippen molar-refractivity contribution in [1.29, 1.82) is 0 Å². The van der Waals surface area contributed by atoms with Gasteiger partial charge in [0.2, 0.25) is 10.0 Å². The zero-order chi connectivity index (χ0) is 22.8. The molecule has 2 aromatic rings. The molecule has 1 aliphatic heterocycles. The van der Waals surface area contributed by atoms with Crippen LogP contribution in [0.15, 0.2) is 42.5 Å². The summed E-state index contributed by atoms with van der Waals surface area (Å²) in [5.74, 6) is 0.0141. The number of benzene rings is 2. The monoisotopic (exact) mass is 444 g/mol. The van der Waals surface area contributed by atoms with E-state index in [9.17, 15) is 13.2 Å². The zero-order valence-electron chi connectivity index (χ0n) is 18.9. The van der Waals surface area contributed by atoms with Crippen molar-refractivity contribution >= 4 is 27.3 Å². The summed E-state index contributed by atoms with van der Waals surface area (Å²) in [5, 5.41) is 2.85. The minimum absolute atomic E-state index is 0.0696. The topological polar surface area (TPSA) is 75.7 Å². The van der Waals surface area contributed by atoms with Crippen molar-refractivity contribution in [2.75, 3.05) is 22.4 Å². The standard InChI is InChI=1S/C24H32N2O4S/c1-6-7-8-17-9-12-19(13-10-17)25-23(27)22-16-26(31(5,28)29)20-15-18(24(2,3)4)11-14-21(20)30-22/h9-15,22H,6-8,16H2,1-5H3,(H,25,27)/t22-/m0/s1. The Labute approximate surface area is 185 Å². The number of carbonyl (C=O) groups is 1. The Hall–Kier alpha value is -2.54. The van der Waals surface area contributed by atoms with E-state index in [0.717, 1.165) is 31.1 Å². The SMILES string of the molecule is CCCCc1ccc(NC(=O)[C@@H]2CN(S(C)(=O)=O)c3cc(C(C)(C)C)ccc3O2)cc1. The summed E-state index contributed by atoms with van der Waals surface area (Å²) in [6, 6.07) is 13.2. The molecule has 1 amide bonds. The molecule has 168 valence electrons. The van der Waals surface area contributed by atoms with E-state index < -0.39 is 16.1 Å². The predicted molar refractivity (Wildman–Crippen MR) is 125 cm³/mol. The number of amides is 1. The Morgan fingerprint density at radius 3 is 2.42 bits per heavy atom. The Morgan fingerprint density at radius 1 is 1.16 bits per heavy atom. The van der Waals surface area contributed by atoms with Crippen LogP contribution in [-0.2, 0) is 26.7 Å². The van der Waals surface area contributed by atoms with Crippen molar-refractivity contribution in [3.63, 3.8) is 0 Å². The molecule has 0 bridgehead atoms. The lowest BCUT2D eigenvalue weighted by Crippen LogP contribution is -2.48. The van der Waals surface area contributed by atoms with Crippen LogP contribution in [0.5, 0.6) is 5.75 Å². The fourth-order valence-corrected chi connectivity index (χ4v) is 4.43. The van der Waals surface area contributed by atoms with E-state index in [1.165, 1.54) is 9.87 Å². The maximum atomic E-state index is 12.9. The number of ether oxygens (including phenoxy) is 1. The van der Waals surface area contributed by atoms with Crippen molar-refractivity contribution in [3.05, 3.63) is 53.6 Å². The van der Waals surface area contributed by atoms with Gasteiger partial charge in [-0.2, -0.15) is 0 Å². The van der Waals surface area contributed by atoms with E-state index in [1.807, 2.05) is 36.4 Å². The van der Waals surface area contributed by atoms with Gasteiger partial charge in [-0.15, -0.1) is 0 Å². The van der Waals surface area contributed by atoms with Crippen LogP contribution in [0.3, 0.4) is 0 Å². The lowest BCUT2D eigenvalue weighted by molar-refractivity contribution is -0.122. The number of anilines is 2. The number of fused-ring (bicyclic) bond motifs is 1. The van der Waals surface area contributed by atoms with Gasteiger partial charge in [0.15, 0.2) is 6.10 Å². The quantitative estimate of drug-likeness (QED) is 0.712. The number of aryl methyl sites for hydroxylation is 1. The Bertz CT molecular complexity index is 1040. The number of nitrogens with zero attached hydrogens (tertiary/aromatic N) is 1. The second-order valence-electron chi connectivity index (χ2n) is 9.12. The molecular formula is C24H32N2O4S. The number of rotatable bonds is 6. The number of hydrogen-bond donors (Lipinski definition) is 1. The third-order valence-electron chi connectivity index (χ3n) is 5.43. The molecule has 0 unspecified atom stereocenters. The average Bonchev–Trinajstić information content (AvgIpc) is 2.70. The first kappa shape index (κ1) is 23.1. The van der Waals surface area contributed by atoms with Gasteiger partial charge in [0.1, 0.15) is 5.75 Å². The second kappa shape index (κ2) is 8.91. The largest absolute Gasteiger partial charge is 0.476 e. The molecule has 1 aliphatic rings. The molecule has 0 aromatic heterocycles. The number of unbranched alkanes of at least 4 members (excludes halogenated alkanes) is 1. The van der Waals surface area contributed by atoms with Crippen LogP contribution in [0.4, 0.5) is 11.4 Å². The van der Waals surface area contributed by atoms with Crippen LogP contribution in [0.2, 0.25) is 0 Å². The van der Waals surface area contributed by atoms with Crippen LogP contribution in [0.25, 0.3) is 0 Å². The molecule has 0 saturated carbocycles. The van der Waals surface area contributed by atoms with Gasteiger partial charge in [-0.1, -0.05) is 52.3 Å². The van der Waals surface area contributed by atoms with Crippen molar-refractivity contribution in [2.24, 2.45) is 0 Å². The first-order valence-electron chi connectivity index (χ1n) is 10.7. The lowest BCUT2D eigenvalue weighted by atomic mass is 9.86. The van der Waals surface area contributed by atoms with Gasteiger partial charge in [0.25, 0.3) is 5.91 Å². The smallest absolute Gasteiger partial charge is 0.267 e. The summed E-state index contributed by atoms with van der Waals surface area (Å²) < 4.78 is 32.2. The molecule has 0 spiro atoms. The zero-order valence-corrected chi connectivity index (χ0v) is 19.8. The number of nitrogens with one attached hydrogen (secondary N) is 1. The molecule has 0 radical (unpaired) electrons. The Kier molecular flexibility index (Phi) is 6.65. The third-order valence-corrected chi connectivity index (χ3v) is 6.57. The molecule has 31 heavy (non-hydrogen) atoms. The highest BCUT2D eigenvalue weighted by Crippen LogP contribution is 2.38. The summed E-state index contributed by atoms with van der Waals surface area (Å²) in [4.78, 5) is 12.9. The molecule has 3 rings (SSSR count). The van der Waals surface area contributed by atoms with E-state index in [2.05, 4.69) is 33.0 Å². The fourth-order valence-electron chi connectivity index (χ4n) is 3.53. The number of carbonyl (C=O) groups excluding carboxylic acids is 1. The molecule has 2 aromatic carbocycles. The van der Waals surface area contributed by atoms with Crippen LogP contribution in [0, 0.1) is 0 Å². The van der Waals surface area contributed by atoms with Crippen molar-refractivity contribution in [3.8, 4) is 5.75 Å². The minimum atomic E-state index is -3.58. The van der Waals surface area contributed by atoms with Gasteiger partial charge in [0, 0.05) is 5.69 Å².